The fourth-order valence-corrected chi connectivity index (χ4v) is 1.59. The van der Waals surface area contributed by atoms with Gasteiger partial charge in [0.05, 0.1) is 5.97 Å². The number of hydrogen-bond donors (Lipinski definition) is 1. The number of rotatable bonds is 11. The molecule has 4 nitrogen and oxygen atoms in total. The average Bonchev–Trinajstić information content (AvgIpc) is 2.37. The molecule has 0 aliphatic heterocycles. The third kappa shape index (κ3) is 31.0. The molecule has 0 rings (SSSR count). The van der Waals surface area contributed by atoms with Gasteiger partial charge < -0.3 is 15.0 Å². The first-order valence-corrected chi connectivity index (χ1v) is 7.09. The van der Waals surface area contributed by atoms with E-state index < -0.39 is 11.9 Å². The van der Waals surface area contributed by atoms with Crippen LogP contribution in [0.25, 0.3) is 0 Å². The monoisotopic (exact) mass is 310 g/mol. The number of carboxylic acids is 2. The maximum absolute atomic E-state index is 10.2. The zero-order chi connectivity index (χ0) is 14.9. The van der Waals surface area contributed by atoms with Gasteiger partial charge in [0.25, 0.3) is 0 Å². The molecule has 20 heavy (non-hydrogen) atoms. The number of unbranched alkanes of at least 4 members (excludes halogenated alkanes) is 8. The molecule has 0 saturated heterocycles. The molecule has 0 radical (unpaired) electrons. The van der Waals surface area contributed by atoms with E-state index in [4.69, 9.17) is 15.0 Å². The summed E-state index contributed by atoms with van der Waals surface area (Å²) in [6.07, 6.45) is 12.2. The van der Waals surface area contributed by atoms with Gasteiger partial charge in [-0.15, -0.1) is 0 Å². The molecule has 0 saturated carbocycles. The summed E-state index contributed by atoms with van der Waals surface area (Å²) in [5, 5.41) is 17.6. The molecule has 0 aromatic rings. The Labute approximate surface area is 165 Å². The van der Waals surface area contributed by atoms with Crippen molar-refractivity contribution in [2.75, 3.05) is 0 Å². The fourth-order valence-electron chi connectivity index (χ4n) is 1.59. The topological polar surface area (TPSA) is 77.4 Å². The summed E-state index contributed by atoms with van der Waals surface area (Å²) in [4.78, 5) is 19.3. The molecule has 0 spiro atoms. The van der Waals surface area contributed by atoms with E-state index in [1.165, 1.54) is 44.9 Å². The van der Waals surface area contributed by atoms with Crippen molar-refractivity contribution in [2.45, 2.75) is 71.1 Å². The van der Waals surface area contributed by atoms with E-state index in [9.17, 15) is 4.79 Å². The summed E-state index contributed by atoms with van der Waals surface area (Å²) in [6, 6.07) is 0. The summed E-state index contributed by atoms with van der Waals surface area (Å²) in [7, 11) is 0. The SMILES string of the molecule is C=CC(=O)[O-].CCCCCCCCCCCC(=O)O.[K+]. The predicted octanol–water partition coefficient (Wildman–Crippen LogP) is -0.0818. The van der Waals surface area contributed by atoms with Crippen molar-refractivity contribution >= 4 is 11.9 Å². The summed E-state index contributed by atoms with van der Waals surface area (Å²) in [5.41, 5.74) is 0. The van der Waals surface area contributed by atoms with Crippen molar-refractivity contribution < 1.29 is 71.2 Å². The van der Waals surface area contributed by atoms with Crippen LogP contribution in [-0.4, -0.2) is 17.0 Å². The second-order valence-corrected chi connectivity index (χ2v) is 4.50. The van der Waals surface area contributed by atoms with Crippen molar-refractivity contribution in [3.63, 3.8) is 0 Å². The van der Waals surface area contributed by atoms with Crippen LogP contribution in [0.2, 0.25) is 0 Å². The normalized spacial score (nSPS) is 8.85. The molecule has 0 aliphatic carbocycles. The van der Waals surface area contributed by atoms with E-state index in [1.807, 2.05) is 0 Å². The van der Waals surface area contributed by atoms with E-state index in [2.05, 4.69) is 13.5 Å². The van der Waals surface area contributed by atoms with Gasteiger partial charge >= 0.3 is 57.4 Å². The van der Waals surface area contributed by atoms with Crippen molar-refractivity contribution in [3.05, 3.63) is 12.7 Å². The van der Waals surface area contributed by atoms with E-state index in [0.29, 0.717) is 6.42 Å². The van der Waals surface area contributed by atoms with Crippen LogP contribution < -0.4 is 56.5 Å². The van der Waals surface area contributed by atoms with Gasteiger partial charge in [-0.2, -0.15) is 0 Å². The van der Waals surface area contributed by atoms with Crippen LogP contribution in [0.4, 0.5) is 0 Å². The van der Waals surface area contributed by atoms with E-state index >= 15 is 0 Å². The van der Waals surface area contributed by atoms with Gasteiger partial charge in [-0.05, 0) is 12.5 Å². The third-order valence-corrected chi connectivity index (χ3v) is 2.66. The minimum atomic E-state index is -1.23. The van der Waals surface area contributed by atoms with Crippen molar-refractivity contribution in [3.8, 4) is 0 Å². The fraction of sp³-hybridized carbons (Fsp3) is 0.733. The molecule has 0 unspecified atom stereocenters. The van der Waals surface area contributed by atoms with Crippen LogP contribution >= 0.6 is 0 Å². The maximum Gasteiger partial charge on any atom is 1.00 e. The molecule has 0 fully saturated rings. The standard InChI is InChI=1S/C12H24O2.C3H4O2.K/c1-2-3-4-5-6-7-8-9-10-11-12(13)14;1-2-3(4)5;/h2-11H2,1H3,(H,13,14);2H,1H2,(H,4,5);/q;;+1/p-1. The van der Waals surface area contributed by atoms with Crippen molar-refractivity contribution in [1.29, 1.82) is 0 Å². The zero-order valence-corrected chi connectivity index (χ0v) is 16.2. The Morgan fingerprint density at radius 2 is 1.35 bits per heavy atom. The minimum absolute atomic E-state index is 0. The summed E-state index contributed by atoms with van der Waals surface area (Å²) in [5.74, 6) is -1.89. The number of carbonyl (C=O) groups excluding carboxylic acids is 1. The van der Waals surface area contributed by atoms with Crippen molar-refractivity contribution in [2.24, 2.45) is 0 Å². The second kappa shape index (κ2) is 21.6. The minimum Gasteiger partial charge on any atom is -0.545 e. The first kappa shape index (κ1) is 25.3. The summed E-state index contributed by atoms with van der Waals surface area (Å²) in [6.45, 7) is 5.13. The molecule has 0 amide bonds. The Bertz CT molecular complexity index is 242. The van der Waals surface area contributed by atoms with Crippen LogP contribution in [0.3, 0.4) is 0 Å². The van der Waals surface area contributed by atoms with Gasteiger partial charge in [0.1, 0.15) is 0 Å². The number of carbonyl (C=O) groups is 2. The van der Waals surface area contributed by atoms with E-state index in [0.717, 1.165) is 18.9 Å². The Kier molecular flexibility index (Phi) is 27.3. The molecular weight excluding hydrogens is 283 g/mol. The predicted molar refractivity (Wildman–Crippen MR) is 74.7 cm³/mol. The van der Waals surface area contributed by atoms with Crippen LogP contribution in [0.5, 0.6) is 0 Å². The average molecular weight is 310 g/mol. The van der Waals surface area contributed by atoms with E-state index in [1.54, 1.807) is 0 Å². The number of hydrogen-bond acceptors (Lipinski definition) is 3. The van der Waals surface area contributed by atoms with Crippen LogP contribution in [0.1, 0.15) is 71.1 Å². The number of aliphatic carboxylic acids is 2. The molecule has 112 valence electrons. The molecule has 0 atom stereocenters. The van der Waals surface area contributed by atoms with Gasteiger partial charge in [-0.3, -0.25) is 4.79 Å². The molecule has 0 aromatic heterocycles. The Morgan fingerprint density at radius 1 is 1.00 bits per heavy atom. The Hall–Kier alpha value is 0.316. The maximum atomic E-state index is 10.2. The van der Waals surface area contributed by atoms with Crippen molar-refractivity contribution in [1.82, 2.24) is 0 Å². The second-order valence-electron chi connectivity index (χ2n) is 4.50. The third-order valence-electron chi connectivity index (χ3n) is 2.66. The molecule has 1 N–H and O–H groups in total. The molecule has 0 aliphatic rings. The first-order chi connectivity index (χ1) is 9.04. The van der Waals surface area contributed by atoms with Gasteiger partial charge in [-0.1, -0.05) is 64.9 Å². The zero-order valence-electron chi connectivity index (χ0n) is 13.0. The quantitative estimate of drug-likeness (QED) is 0.329. The molecule has 0 heterocycles. The molecule has 5 heteroatoms. The largest absolute Gasteiger partial charge is 1.00 e. The Morgan fingerprint density at radius 3 is 1.65 bits per heavy atom. The molecule has 0 aromatic carbocycles. The van der Waals surface area contributed by atoms with Gasteiger partial charge in [0.2, 0.25) is 0 Å². The van der Waals surface area contributed by atoms with Gasteiger partial charge in [0.15, 0.2) is 0 Å². The van der Waals surface area contributed by atoms with Crippen LogP contribution in [0.15, 0.2) is 12.7 Å². The van der Waals surface area contributed by atoms with Gasteiger partial charge in [-0.25, -0.2) is 0 Å². The van der Waals surface area contributed by atoms with Gasteiger partial charge in [0, 0.05) is 6.42 Å². The Balaban J connectivity index is -0.000000414. The van der Waals surface area contributed by atoms with E-state index in [-0.39, 0.29) is 51.4 Å². The molecule has 0 bridgehead atoms. The van der Waals surface area contributed by atoms with Crippen LogP contribution in [0, 0.1) is 0 Å². The smallest absolute Gasteiger partial charge is 0.545 e. The molecular formula is C15H27KO4. The first-order valence-electron chi connectivity index (χ1n) is 7.09. The number of carboxylic acid groups (broad SMARTS) is 2. The summed E-state index contributed by atoms with van der Waals surface area (Å²) >= 11 is 0. The summed E-state index contributed by atoms with van der Waals surface area (Å²) < 4.78 is 0. The van der Waals surface area contributed by atoms with Crippen LogP contribution in [-0.2, 0) is 9.59 Å².